The molecule has 3 rings (SSSR count). The van der Waals surface area contributed by atoms with Crippen molar-refractivity contribution in [3.05, 3.63) is 52.0 Å². The third-order valence-corrected chi connectivity index (χ3v) is 4.15. The van der Waals surface area contributed by atoms with Crippen LogP contribution in [0.15, 0.2) is 50.9 Å². The van der Waals surface area contributed by atoms with Crippen LogP contribution in [0.4, 0.5) is 0 Å². The number of hydrogen-bond acceptors (Lipinski definition) is 6. The van der Waals surface area contributed by atoms with E-state index in [1.54, 1.807) is 24.3 Å². The summed E-state index contributed by atoms with van der Waals surface area (Å²) in [5, 5.41) is 0.415. The number of sulfone groups is 1. The highest BCUT2D eigenvalue weighted by atomic mass is 35.5. The first-order chi connectivity index (χ1) is 10.4. The second-order valence-corrected chi connectivity index (χ2v) is 6.93. The van der Waals surface area contributed by atoms with Crippen LogP contribution in [0.5, 0.6) is 0 Å². The highest BCUT2D eigenvalue weighted by Gasteiger charge is 2.15. The Kier molecular flexibility index (Phi) is 3.46. The van der Waals surface area contributed by atoms with Gasteiger partial charge in [0.05, 0.1) is 10.9 Å². The van der Waals surface area contributed by atoms with E-state index < -0.39 is 20.6 Å². The minimum atomic E-state index is -3.58. The fourth-order valence-electron chi connectivity index (χ4n) is 1.94. The lowest BCUT2D eigenvalue weighted by Gasteiger charge is -2.04. The van der Waals surface area contributed by atoms with Crippen molar-refractivity contribution in [2.45, 2.75) is 5.16 Å². The molecule has 0 amide bonds. The van der Waals surface area contributed by atoms with Crippen LogP contribution in [0.1, 0.15) is 0 Å². The van der Waals surface area contributed by atoms with Crippen LogP contribution in [0.3, 0.4) is 0 Å². The van der Waals surface area contributed by atoms with Gasteiger partial charge in [0.2, 0.25) is 20.7 Å². The Morgan fingerprint density at radius 2 is 1.91 bits per heavy atom. The predicted octanol–water partition coefficient (Wildman–Crippen LogP) is 2.31. The molecule has 0 atom stereocenters. The summed E-state index contributed by atoms with van der Waals surface area (Å²) in [6.07, 6.45) is 2.27. The summed E-state index contributed by atoms with van der Waals surface area (Å²) in [6.45, 7) is 0. The van der Waals surface area contributed by atoms with E-state index in [4.69, 9.17) is 16.0 Å². The molecule has 0 fully saturated rings. The Morgan fingerprint density at radius 3 is 2.59 bits per heavy atom. The summed E-state index contributed by atoms with van der Waals surface area (Å²) in [6, 6.07) is 8.36. The van der Waals surface area contributed by atoms with Crippen LogP contribution >= 0.6 is 11.6 Å². The van der Waals surface area contributed by atoms with Gasteiger partial charge in [-0.15, -0.1) is 0 Å². The molecule has 0 spiro atoms. The molecule has 2 aromatic heterocycles. The highest BCUT2D eigenvalue weighted by molar-refractivity contribution is 7.90. The Balaban J connectivity index is 2.27. The van der Waals surface area contributed by atoms with Gasteiger partial charge in [-0.05, 0) is 12.1 Å². The topological polar surface area (TPSA) is 90.1 Å². The van der Waals surface area contributed by atoms with Crippen molar-refractivity contribution in [3.8, 4) is 11.1 Å². The van der Waals surface area contributed by atoms with E-state index >= 15 is 0 Å². The van der Waals surface area contributed by atoms with Crippen molar-refractivity contribution in [2.75, 3.05) is 6.26 Å². The standard InChI is InChI=1S/C14H9ClN2O4S/c1-22(19,20)14-16-7-8-6-10(13(18)21-12(8)17-14)9-4-2-3-5-11(9)15/h2-7H,1H3. The third-order valence-electron chi connectivity index (χ3n) is 2.96. The molecular formula is C14H9ClN2O4S. The van der Waals surface area contributed by atoms with E-state index in [1.807, 2.05) is 0 Å². The average molecular weight is 337 g/mol. The molecule has 6 nitrogen and oxygen atoms in total. The lowest BCUT2D eigenvalue weighted by molar-refractivity contribution is 0.542. The second-order valence-electron chi connectivity index (χ2n) is 4.61. The summed E-state index contributed by atoms with van der Waals surface area (Å²) in [5.41, 5.74) is 0.0378. The van der Waals surface area contributed by atoms with Gasteiger partial charge in [-0.25, -0.2) is 18.2 Å². The molecule has 1 aromatic carbocycles. The molecule has 22 heavy (non-hydrogen) atoms. The van der Waals surface area contributed by atoms with Gasteiger partial charge in [0.15, 0.2) is 0 Å². The second kappa shape index (κ2) is 5.19. The fraction of sp³-hybridized carbons (Fsp3) is 0.0714. The molecule has 0 saturated carbocycles. The first kappa shape index (κ1) is 14.7. The van der Waals surface area contributed by atoms with Gasteiger partial charge in [-0.3, -0.25) is 0 Å². The third kappa shape index (κ3) is 2.60. The van der Waals surface area contributed by atoms with Crippen molar-refractivity contribution in [3.63, 3.8) is 0 Å². The van der Waals surface area contributed by atoms with Gasteiger partial charge in [-0.1, -0.05) is 29.8 Å². The van der Waals surface area contributed by atoms with Gasteiger partial charge in [0.1, 0.15) is 0 Å². The molecule has 0 aliphatic heterocycles. The lowest BCUT2D eigenvalue weighted by Crippen LogP contribution is -2.07. The van der Waals surface area contributed by atoms with E-state index in [2.05, 4.69) is 9.97 Å². The number of hydrogen-bond donors (Lipinski definition) is 0. The minimum absolute atomic E-state index is 0.0868. The van der Waals surface area contributed by atoms with Crippen LogP contribution in [0.2, 0.25) is 5.02 Å². The summed E-state index contributed by atoms with van der Waals surface area (Å²) in [7, 11) is -3.58. The van der Waals surface area contributed by atoms with Crippen molar-refractivity contribution in [1.82, 2.24) is 9.97 Å². The molecule has 2 heterocycles. The average Bonchev–Trinajstić information content (AvgIpc) is 2.46. The Bertz CT molecular complexity index is 1040. The number of fused-ring (bicyclic) bond motifs is 1. The quantitative estimate of drug-likeness (QED) is 0.667. The molecule has 0 bridgehead atoms. The first-order valence-electron chi connectivity index (χ1n) is 6.12. The zero-order chi connectivity index (χ0) is 15.9. The molecule has 0 aliphatic rings. The van der Waals surface area contributed by atoms with E-state index in [1.165, 1.54) is 12.3 Å². The highest BCUT2D eigenvalue weighted by Crippen LogP contribution is 2.26. The van der Waals surface area contributed by atoms with E-state index in [0.29, 0.717) is 16.0 Å². The van der Waals surface area contributed by atoms with E-state index in [9.17, 15) is 13.2 Å². The maximum absolute atomic E-state index is 12.1. The summed E-state index contributed by atoms with van der Waals surface area (Å²) in [5.74, 6) is 0. The summed E-state index contributed by atoms with van der Waals surface area (Å²) in [4.78, 5) is 19.6. The predicted molar refractivity (Wildman–Crippen MR) is 81.6 cm³/mol. The van der Waals surface area contributed by atoms with Crippen molar-refractivity contribution in [2.24, 2.45) is 0 Å². The molecule has 112 valence electrons. The monoisotopic (exact) mass is 336 g/mol. The van der Waals surface area contributed by atoms with Crippen molar-refractivity contribution in [1.29, 1.82) is 0 Å². The molecule has 0 aliphatic carbocycles. The van der Waals surface area contributed by atoms with Gasteiger partial charge < -0.3 is 4.42 Å². The van der Waals surface area contributed by atoms with E-state index in [0.717, 1.165) is 6.26 Å². The van der Waals surface area contributed by atoms with Gasteiger partial charge in [0.25, 0.3) is 0 Å². The van der Waals surface area contributed by atoms with Crippen LogP contribution in [-0.2, 0) is 9.84 Å². The molecule has 3 aromatic rings. The SMILES string of the molecule is CS(=O)(=O)c1ncc2cc(-c3ccccc3Cl)c(=O)oc2n1. The number of halogens is 1. The maximum Gasteiger partial charge on any atom is 0.345 e. The Morgan fingerprint density at radius 1 is 1.18 bits per heavy atom. The van der Waals surface area contributed by atoms with Crippen molar-refractivity contribution >= 4 is 32.5 Å². The molecule has 0 N–H and O–H groups in total. The Hall–Kier alpha value is -2.25. The Labute approximate surface area is 130 Å². The molecule has 0 saturated heterocycles. The lowest BCUT2D eigenvalue weighted by atomic mass is 10.1. The van der Waals surface area contributed by atoms with Crippen LogP contribution in [0.25, 0.3) is 22.2 Å². The van der Waals surface area contributed by atoms with Gasteiger partial charge >= 0.3 is 5.63 Å². The van der Waals surface area contributed by atoms with Gasteiger partial charge in [0, 0.05) is 23.0 Å². The largest absolute Gasteiger partial charge is 0.403 e. The number of nitrogens with zero attached hydrogens (tertiary/aromatic N) is 2. The molecule has 0 unspecified atom stereocenters. The van der Waals surface area contributed by atoms with Crippen LogP contribution in [0, 0.1) is 0 Å². The molecule has 0 radical (unpaired) electrons. The van der Waals surface area contributed by atoms with Crippen LogP contribution < -0.4 is 5.63 Å². The van der Waals surface area contributed by atoms with Gasteiger partial charge in [-0.2, -0.15) is 4.98 Å². The first-order valence-corrected chi connectivity index (χ1v) is 8.39. The van der Waals surface area contributed by atoms with Crippen molar-refractivity contribution < 1.29 is 12.8 Å². The minimum Gasteiger partial charge on any atom is -0.403 e. The fourth-order valence-corrected chi connectivity index (χ4v) is 2.67. The number of rotatable bonds is 2. The summed E-state index contributed by atoms with van der Waals surface area (Å²) >= 11 is 6.08. The summed E-state index contributed by atoms with van der Waals surface area (Å²) < 4.78 is 28.0. The normalized spacial score (nSPS) is 11.7. The number of aromatic nitrogens is 2. The molecular weight excluding hydrogens is 328 g/mol. The van der Waals surface area contributed by atoms with Crippen LogP contribution in [-0.4, -0.2) is 24.6 Å². The zero-order valence-corrected chi connectivity index (χ0v) is 12.9. The zero-order valence-electron chi connectivity index (χ0n) is 11.3. The molecule has 8 heteroatoms. The number of benzene rings is 1. The smallest absolute Gasteiger partial charge is 0.345 e. The van der Waals surface area contributed by atoms with E-state index in [-0.39, 0.29) is 11.3 Å². The maximum atomic E-state index is 12.1.